The first-order valence-corrected chi connectivity index (χ1v) is 9.35. The molecule has 4 N–H and O–H groups in total. The van der Waals surface area contributed by atoms with Crippen molar-refractivity contribution in [1.29, 1.82) is 0 Å². The number of benzene rings is 1. The van der Waals surface area contributed by atoms with E-state index in [2.05, 4.69) is 49.4 Å². The molecule has 2 aromatic heterocycles. The van der Waals surface area contributed by atoms with E-state index >= 15 is 0 Å². The van der Waals surface area contributed by atoms with E-state index in [9.17, 15) is 9.59 Å². The van der Waals surface area contributed by atoms with Crippen LogP contribution in [0.1, 0.15) is 18.4 Å². The van der Waals surface area contributed by atoms with E-state index in [1.807, 2.05) is 6.07 Å². The van der Waals surface area contributed by atoms with E-state index in [1.165, 1.54) is 11.9 Å². The van der Waals surface area contributed by atoms with E-state index in [-0.39, 0.29) is 30.0 Å². The lowest BCUT2D eigenvalue weighted by atomic mass is 10.0. The molecule has 146 valence electrons. The fraction of sp³-hybridized carbons (Fsp3) is 0.368. The molecule has 0 atom stereocenters. The molecule has 3 aromatic rings. The molecule has 3 heterocycles. The predicted octanol–water partition coefficient (Wildman–Crippen LogP) is 0.483. The lowest BCUT2D eigenvalue weighted by molar-refractivity contribution is -0.122. The third kappa shape index (κ3) is 4.04. The Labute approximate surface area is 161 Å². The minimum Gasteiger partial charge on any atom is -0.369 e. The first kappa shape index (κ1) is 18.2. The number of amides is 1. The summed E-state index contributed by atoms with van der Waals surface area (Å²) < 4.78 is 1.54. The molecule has 1 aliphatic heterocycles. The van der Waals surface area contributed by atoms with Crippen LogP contribution in [0.2, 0.25) is 0 Å². The Hall–Kier alpha value is -3.20. The van der Waals surface area contributed by atoms with Crippen LogP contribution in [0.15, 0.2) is 41.5 Å². The highest BCUT2D eigenvalue weighted by Crippen LogP contribution is 2.14. The Morgan fingerprint density at radius 1 is 1.25 bits per heavy atom. The van der Waals surface area contributed by atoms with Gasteiger partial charge >= 0.3 is 0 Å². The van der Waals surface area contributed by atoms with E-state index < -0.39 is 5.56 Å². The SMILES string of the molecule is Nc1nc2c(ncn2CC(=O)NC2CCN(Cc3ccccc3)CC2)c(=O)[nH]1. The topological polar surface area (TPSA) is 122 Å². The summed E-state index contributed by atoms with van der Waals surface area (Å²) in [5.74, 6) is -0.119. The fourth-order valence-electron chi connectivity index (χ4n) is 3.59. The van der Waals surface area contributed by atoms with Crippen molar-refractivity contribution in [3.63, 3.8) is 0 Å². The fourth-order valence-corrected chi connectivity index (χ4v) is 3.59. The second-order valence-electron chi connectivity index (χ2n) is 7.10. The Morgan fingerprint density at radius 2 is 2.00 bits per heavy atom. The second kappa shape index (κ2) is 7.81. The summed E-state index contributed by atoms with van der Waals surface area (Å²) in [5, 5.41) is 3.08. The predicted molar refractivity (Wildman–Crippen MR) is 105 cm³/mol. The summed E-state index contributed by atoms with van der Waals surface area (Å²) in [6.07, 6.45) is 3.26. The number of piperidine rings is 1. The van der Waals surface area contributed by atoms with Gasteiger partial charge in [-0.25, -0.2) is 4.98 Å². The van der Waals surface area contributed by atoms with Crippen molar-refractivity contribution in [2.24, 2.45) is 0 Å². The molecule has 0 bridgehead atoms. The van der Waals surface area contributed by atoms with Crippen molar-refractivity contribution in [2.45, 2.75) is 32.0 Å². The number of hydrogen-bond donors (Lipinski definition) is 3. The van der Waals surface area contributed by atoms with Gasteiger partial charge in [-0.05, 0) is 18.4 Å². The van der Waals surface area contributed by atoms with Crippen LogP contribution in [0.3, 0.4) is 0 Å². The number of imidazole rings is 1. The largest absolute Gasteiger partial charge is 0.369 e. The maximum Gasteiger partial charge on any atom is 0.280 e. The van der Waals surface area contributed by atoms with Crippen LogP contribution in [0.4, 0.5) is 5.95 Å². The quantitative estimate of drug-likeness (QED) is 0.591. The summed E-state index contributed by atoms with van der Waals surface area (Å²) in [6, 6.07) is 10.5. The number of likely N-dealkylation sites (tertiary alicyclic amines) is 1. The highest BCUT2D eigenvalue weighted by molar-refractivity contribution is 5.79. The number of nitrogen functional groups attached to an aromatic ring is 1. The smallest absolute Gasteiger partial charge is 0.280 e. The summed E-state index contributed by atoms with van der Waals surface area (Å²) in [5.41, 5.74) is 6.97. The van der Waals surface area contributed by atoms with Crippen molar-refractivity contribution in [3.8, 4) is 0 Å². The minimum absolute atomic E-state index is 0.00504. The number of fused-ring (bicyclic) bond motifs is 1. The Kier molecular flexibility index (Phi) is 5.07. The van der Waals surface area contributed by atoms with Crippen LogP contribution in [0.5, 0.6) is 0 Å². The molecule has 1 aromatic carbocycles. The van der Waals surface area contributed by atoms with E-state index in [1.54, 1.807) is 4.57 Å². The molecule has 0 spiro atoms. The van der Waals surface area contributed by atoms with E-state index in [0.29, 0.717) is 5.65 Å². The molecule has 9 heteroatoms. The third-order valence-electron chi connectivity index (χ3n) is 5.01. The molecule has 0 aliphatic carbocycles. The lowest BCUT2D eigenvalue weighted by Gasteiger charge is -2.32. The van der Waals surface area contributed by atoms with Gasteiger partial charge in [0, 0.05) is 25.7 Å². The average molecular weight is 381 g/mol. The van der Waals surface area contributed by atoms with Crippen LogP contribution < -0.4 is 16.6 Å². The Morgan fingerprint density at radius 3 is 2.75 bits per heavy atom. The number of carbonyl (C=O) groups excluding carboxylic acids is 1. The molecule has 4 rings (SSSR count). The van der Waals surface area contributed by atoms with Gasteiger partial charge < -0.3 is 15.6 Å². The lowest BCUT2D eigenvalue weighted by Crippen LogP contribution is -2.45. The Balaban J connectivity index is 1.31. The third-order valence-corrected chi connectivity index (χ3v) is 5.01. The van der Waals surface area contributed by atoms with Gasteiger partial charge in [-0.15, -0.1) is 0 Å². The molecule has 1 saturated heterocycles. The minimum atomic E-state index is -0.410. The van der Waals surface area contributed by atoms with Crippen LogP contribution in [0, 0.1) is 0 Å². The van der Waals surface area contributed by atoms with E-state index in [0.717, 1.165) is 32.5 Å². The molecule has 1 fully saturated rings. The molecule has 9 nitrogen and oxygen atoms in total. The Bertz CT molecular complexity index is 1020. The molecule has 0 unspecified atom stereocenters. The summed E-state index contributed by atoms with van der Waals surface area (Å²) in [6.45, 7) is 2.88. The van der Waals surface area contributed by atoms with Gasteiger partial charge in [0.15, 0.2) is 11.2 Å². The summed E-state index contributed by atoms with van der Waals surface area (Å²) in [4.78, 5) is 37.2. The van der Waals surface area contributed by atoms with Crippen LogP contribution in [0.25, 0.3) is 11.2 Å². The maximum atomic E-state index is 12.4. The molecular weight excluding hydrogens is 358 g/mol. The number of rotatable bonds is 5. The molecule has 0 radical (unpaired) electrons. The second-order valence-corrected chi connectivity index (χ2v) is 7.10. The number of aromatic nitrogens is 4. The molecule has 1 aliphatic rings. The molecule has 1 amide bonds. The number of H-pyrrole nitrogens is 1. The van der Waals surface area contributed by atoms with Crippen LogP contribution >= 0.6 is 0 Å². The van der Waals surface area contributed by atoms with Crippen LogP contribution in [-0.2, 0) is 17.9 Å². The van der Waals surface area contributed by atoms with Crippen LogP contribution in [-0.4, -0.2) is 49.5 Å². The number of aromatic amines is 1. The summed E-state index contributed by atoms with van der Waals surface area (Å²) in [7, 11) is 0. The molecule has 28 heavy (non-hydrogen) atoms. The average Bonchev–Trinajstić information content (AvgIpc) is 3.07. The van der Waals surface area contributed by atoms with Gasteiger partial charge in [-0.2, -0.15) is 4.98 Å². The van der Waals surface area contributed by atoms with Crippen molar-refractivity contribution < 1.29 is 4.79 Å². The molecular formula is C19H23N7O2. The highest BCUT2D eigenvalue weighted by Gasteiger charge is 2.21. The van der Waals surface area contributed by atoms with Gasteiger partial charge in [0.2, 0.25) is 11.9 Å². The van der Waals surface area contributed by atoms with Crippen molar-refractivity contribution >= 4 is 23.0 Å². The first-order valence-electron chi connectivity index (χ1n) is 9.35. The van der Waals surface area contributed by atoms with E-state index in [4.69, 9.17) is 5.73 Å². The van der Waals surface area contributed by atoms with Gasteiger partial charge in [0.1, 0.15) is 6.54 Å². The summed E-state index contributed by atoms with van der Waals surface area (Å²) >= 11 is 0. The van der Waals surface area contributed by atoms with Gasteiger partial charge in [0.05, 0.1) is 6.33 Å². The zero-order chi connectivity index (χ0) is 19.5. The number of anilines is 1. The van der Waals surface area contributed by atoms with Gasteiger partial charge in [0.25, 0.3) is 5.56 Å². The van der Waals surface area contributed by atoms with Gasteiger partial charge in [-0.1, -0.05) is 30.3 Å². The maximum absolute atomic E-state index is 12.4. The number of nitrogens with one attached hydrogen (secondary N) is 2. The molecule has 0 saturated carbocycles. The monoisotopic (exact) mass is 381 g/mol. The normalized spacial score (nSPS) is 15.7. The highest BCUT2D eigenvalue weighted by atomic mass is 16.2. The van der Waals surface area contributed by atoms with Crippen molar-refractivity contribution in [2.75, 3.05) is 18.8 Å². The zero-order valence-corrected chi connectivity index (χ0v) is 15.5. The zero-order valence-electron chi connectivity index (χ0n) is 15.5. The van der Waals surface area contributed by atoms with Crippen molar-refractivity contribution in [3.05, 3.63) is 52.6 Å². The van der Waals surface area contributed by atoms with Gasteiger partial charge in [-0.3, -0.25) is 19.5 Å². The number of nitrogens with two attached hydrogens (primary N) is 1. The number of carbonyl (C=O) groups is 1. The first-order chi connectivity index (χ1) is 13.6. The number of nitrogens with zero attached hydrogens (tertiary/aromatic N) is 4. The standard InChI is InChI=1S/C19H23N7O2/c20-19-23-17-16(18(28)24-19)21-12-26(17)11-15(27)22-14-6-8-25(9-7-14)10-13-4-2-1-3-5-13/h1-5,12,14H,6-11H2,(H,22,27)(H3,20,23,24,28). The number of hydrogen-bond acceptors (Lipinski definition) is 6. The van der Waals surface area contributed by atoms with Crippen molar-refractivity contribution in [1.82, 2.24) is 29.7 Å².